The third-order valence-corrected chi connectivity index (χ3v) is 2.93. The van der Waals surface area contributed by atoms with Gasteiger partial charge in [0.1, 0.15) is 0 Å². The van der Waals surface area contributed by atoms with Crippen molar-refractivity contribution in [3.8, 4) is 0 Å². The SMILES string of the molecule is CN(CCO)C(=O)c1nnn(Cc2ccccc2)c1N. The van der Waals surface area contributed by atoms with Crippen LogP contribution in [0.4, 0.5) is 5.82 Å². The molecule has 1 amide bonds. The maximum Gasteiger partial charge on any atom is 0.278 e. The highest BCUT2D eigenvalue weighted by atomic mass is 16.3. The lowest BCUT2D eigenvalue weighted by Gasteiger charge is -2.13. The monoisotopic (exact) mass is 275 g/mol. The van der Waals surface area contributed by atoms with E-state index in [0.29, 0.717) is 6.54 Å². The van der Waals surface area contributed by atoms with Gasteiger partial charge in [-0.25, -0.2) is 4.68 Å². The number of nitrogens with zero attached hydrogens (tertiary/aromatic N) is 4. The topological polar surface area (TPSA) is 97.3 Å². The van der Waals surface area contributed by atoms with Crippen LogP contribution in [0.3, 0.4) is 0 Å². The van der Waals surface area contributed by atoms with Gasteiger partial charge in [0.25, 0.3) is 5.91 Å². The summed E-state index contributed by atoms with van der Waals surface area (Å²) in [6.45, 7) is 0.570. The summed E-state index contributed by atoms with van der Waals surface area (Å²) in [7, 11) is 1.58. The van der Waals surface area contributed by atoms with Crippen molar-refractivity contribution in [1.82, 2.24) is 19.9 Å². The molecule has 0 aliphatic rings. The summed E-state index contributed by atoms with van der Waals surface area (Å²) in [6.07, 6.45) is 0. The molecule has 7 heteroatoms. The van der Waals surface area contributed by atoms with Gasteiger partial charge in [0, 0.05) is 13.6 Å². The normalized spacial score (nSPS) is 10.5. The van der Waals surface area contributed by atoms with Gasteiger partial charge in [-0.2, -0.15) is 0 Å². The van der Waals surface area contributed by atoms with Crippen LogP contribution in [0.1, 0.15) is 16.1 Å². The number of likely N-dealkylation sites (N-methyl/N-ethyl adjacent to an activating group) is 1. The second kappa shape index (κ2) is 6.16. The Hall–Kier alpha value is -2.41. The zero-order valence-electron chi connectivity index (χ0n) is 11.2. The third kappa shape index (κ3) is 2.94. The molecule has 0 unspecified atom stereocenters. The number of rotatable bonds is 5. The van der Waals surface area contributed by atoms with E-state index in [1.807, 2.05) is 30.3 Å². The standard InChI is InChI=1S/C13H17N5O2/c1-17(7-8-19)13(20)11-12(14)18(16-15-11)9-10-5-3-2-4-6-10/h2-6,19H,7-9,14H2,1H3. The first-order chi connectivity index (χ1) is 9.63. The predicted molar refractivity (Wildman–Crippen MR) is 74.0 cm³/mol. The lowest BCUT2D eigenvalue weighted by atomic mass is 10.2. The molecule has 3 N–H and O–H groups in total. The van der Waals surface area contributed by atoms with Gasteiger partial charge in [0.15, 0.2) is 11.5 Å². The summed E-state index contributed by atoms with van der Waals surface area (Å²) in [6, 6.07) is 9.65. The summed E-state index contributed by atoms with van der Waals surface area (Å²) < 4.78 is 1.48. The zero-order chi connectivity index (χ0) is 14.5. The Labute approximate surface area is 116 Å². The molecule has 7 nitrogen and oxygen atoms in total. The van der Waals surface area contributed by atoms with Crippen LogP contribution in [0.2, 0.25) is 0 Å². The van der Waals surface area contributed by atoms with E-state index in [1.54, 1.807) is 7.05 Å². The van der Waals surface area contributed by atoms with E-state index in [9.17, 15) is 4.79 Å². The Morgan fingerprint density at radius 3 is 2.75 bits per heavy atom. The highest BCUT2D eigenvalue weighted by Crippen LogP contribution is 2.12. The van der Waals surface area contributed by atoms with Crippen LogP contribution in [-0.2, 0) is 6.54 Å². The van der Waals surface area contributed by atoms with Gasteiger partial charge in [-0.05, 0) is 5.56 Å². The number of amides is 1. The minimum Gasteiger partial charge on any atom is -0.395 e. The van der Waals surface area contributed by atoms with E-state index in [1.165, 1.54) is 9.58 Å². The Morgan fingerprint density at radius 2 is 2.10 bits per heavy atom. The minimum atomic E-state index is -0.351. The zero-order valence-corrected chi connectivity index (χ0v) is 11.2. The van der Waals surface area contributed by atoms with E-state index in [4.69, 9.17) is 10.8 Å². The lowest BCUT2D eigenvalue weighted by molar-refractivity contribution is 0.0762. The molecule has 1 aromatic heterocycles. The molecule has 2 rings (SSSR count). The number of aromatic nitrogens is 3. The molecule has 2 aromatic rings. The smallest absolute Gasteiger partial charge is 0.278 e. The van der Waals surface area contributed by atoms with Gasteiger partial charge in [-0.3, -0.25) is 4.79 Å². The van der Waals surface area contributed by atoms with Crippen molar-refractivity contribution in [3.63, 3.8) is 0 Å². The second-order valence-electron chi connectivity index (χ2n) is 4.42. The van der Waals surface area contributed by atoms with Crippen molar-refractivity contribution < 1.29 is 9.90 Å². The highest BCUT2D eigenvalue weighted by Gasteiger charge is 2.20. The first-order valence-corrected chi connectivity index (χ1v) is 6.22. The number of nitrogen functional groups attached to an aromatic ring is 1. The number of aliphatic hydroxyl groups is 1. The number of hydrogen-bond donors (Lipinski definition) is 2. The Kier molecular flexibility index (Phi) is 4.31. The molecule has 1 aromatic carbocycles. The van der Waals surface area contributed by atoms with Crippen molar-refractivity contribution in [2.45, 2.75) is 6.54 Å². The maximum atomic E-state index is 12.0. The fourth-order valence-electron chi connectivity index (χ4n) is 1.78. The van der Waals surface area contributed by atoms with Gasteiger partial charge in [-0.1, -0.05) is 35.5 Å². The van der Waals surface area contributed by atoms with Gasteiger partial charge in [0.2, 0.25) is 0 Å². The van der Waals surface area contributed by atoms with Gasteiger partial charge in [-0.15, -0.1) is 5.10 Å². The fraction of sp³-hybridized carbons (Fsp3) is 0.308. The predicted octanol–water partition coefficient (Wildman–Crippen LogP) is -0.0271. The van der Waals surface area contributed by atoms with E-state index in [2.05, 4.69) is 10.3 Å². The first-order valence-electron chi connectivity index (χ1n) is 6.22. The number of anilines is 1. The van der Waals surface area contributed by atoms with Crippen LogP contribution < -0.4 is 5.73 Å². The maximum absolute atomic E-state index is 12.0. The molecule has 0 fully saturated rings. The fourth-order valence-corrected chi connectivity index (χ4v) is 1.78. The van der Waals surface area contributed by atoms with E-state index >= 15 is 0 Å². The van der Waals surface area contributed by atoms with Crippen molar-refractivity contribution in [2.24, 2.45) is 0 Å². The molecule has 0 atom stereocenters. The Bertz CT molecular complexity index is 582. The molecule has 0 aliphatic carbocycles. The summed E-state index contributed by atoms with van der Waals surface area (Å²) in [5.41, 5.74) is 7.04. The largest absolute Gasteiger partial charge is 0.395 e. The summed E-state index contributed by atoms with van der Waals surface area (Å²) in [5.74, 6) is -0.125. The number of nitrogens with two attached hydrogens (primary N) is 1. The van der Waals surface area contributed by atoms with Crippen LogP contribution in [0.15, 0.2) is 30.3 Å². The number of hydrogen-bond acceptors (Lipinski definition) is 5. The van der Waals surface area contributed by atoms with Crippen molar-refractivity contribution in [1.29, 1.82) is 0 Å². The van der Waals surface area contributed by atoms with Gasteiger partial charge >= 0.3 is 0 Å². The molecule has 0 saturated heterocycles. The molecular formula is C13H17N5O2. The van der Waals surface area contributed by atoms with Gasteiger partial charge in [0.05, 0.1) is 13.2 Å². The molecule has 20 heavy (non-hydrogen) atoms. The molecule has 0 bridgehead atoms. The average Bonchev–Trinajstić information content (AvgIpc) is 2.81. The second-order valence-corrected chi connectivity index (χ2v) is 4.42. The first kappa shape index (κ1) is 14.0. The van der Waals surface area contributed by atoms with Crippen LogP contribution >= 0.6 is 0 Å². The molecule has 106 valence electrons. The van der Waals surface area contributed by atoms with Crippen LogP contribution in [0.5, 0.6) is 0 Å². The Morgan fingerprint density at radius 1 is 1.40 bits per heavy atom. The number of carbonyl (C=O) groups is 1. The van der Waals surface area contributed by atoms with Crippen molar-refractivity contribution >= 4 is 11.7 Å². The van der Waals surface area contributed by atoms with E-state index in [-0.39, 0.29) is 30.6 Å². The Balaban J connectivity index is 2.17. The molecule has 0 saturated carbocycles. The summed E-state index contributed by atoms with van der Waals surface area (Å²) in [4.78, 5) is 13.4. The van der Waals surface area contributed by atoms with Crippen LogP contribution in [0.25, 0.3) is 0 Å². The quantitative estimate of drug-likeness (QED) is 0.799. The van der Waals surface area contributed by atoms with E-state index < -0.39 is 0 Å². The van der Waals surface area contributed by atoms with Gasteiger partial charge < -0.3 is 15.7 Å². The molecular weight excluding hydrogens is 258 g/mol. The van der Waals surface area contributed by atoms with Crippen molar-refractivity contribution in [2.75, 3.05) is 25.9 Å². The van der Waals surface area contributed by atoms with Crippen LogP contribution in [0, 0.1) is 0 Å². The minimum absolute atomic E-state index is 0.108. The average molecular weight is 275 g/mol. The molecule has 0 radical (unpaired) electrons. The molecule has 0 aliphatic heterocycles. The number of carbonyl (C=O) groups excluding carboxylic acids is 1. The van der Waals surface area contributed by atoms with E-state index in [0.717, 1.165) is 5.56 Å². The number of aliphatic hydroxyl groups excluding tert-OH is 1. The third-order valence-electron chi connectivity index (χ3n) is 2.93. The highest BCUT2D eigenvalue weighted by molar-refractivity contribution is 5.96. The number of benzene rings is 1. The summed E-state index contributed by atoms with van der Waals surface area (Å²) >= 11 is 0. The van der Waals surface area contributed by atoms with Crippen molar-refractivity contribution in [3.05, 3.63) is 41.6 Å². The van der Waals surface area contributed by atoms with Crippen LogP contribution in [-0.4, -0.2) is 51.1 Å². The molecule has 0 spiro atoms. The lowest BCUT2D eigenvalue weighted by Crippen LogP contribution is -2.30. The molecule has 1 heterocycles. The summed E-state index contributed by atoms with van der Waals surface area (Å²) in [5, 5.41) is 16.6.